The van der Waals surface area contributed by atoms with Gasteiger partial charge in [0.2, 0.25) is 5.91 Å². The molecule has 2 atom stereocenters. The van der Waals surface area contributed by atoms with Gasteiger partial charge in [-0.05, 0) is 45.5 Å². The number of piperidine rings is 1. The number of carbonyl (C=O) groups is 1. The molecule has 1 amide bonds. The van der Waals surface area contributed by atoms with Crippen molar-refractivity contribution < 1.29 is 4.79 Å². The lowest BCUT2D eigenvalue weighted by molar-refractivity contribution is -0.136. The normalized spacial score (nSPS) is 18.7. The smallest absolute Gasteiger partial charge is 0.239 e. The number of para-hydroxylation sites is 1. The van der Waals surface area contributed by atoms with Gasteiger partial charge < -0.3 is 10.2 Å². The summed E-state index contributed by atoms with van der Waals surface area (Å²) in [6, 6.07) is 8.52. The van der Waals surface area contributed by atoms with E-state index in [0.717, 1.165) is 30.0 Å². The number of fused-ring (bicyclic) bond motifs is 1. The van der Waals surface area contributed by atoms with Gasteiger partial charge in [0, 0.05) is 19.6 Å². The number of likely N-dealkylation sites (tertiary alicyclic amines) is 1. The Labute approximate surface area is 172 Å². The van der Waals surface area contributed by atoms with Crippen LogP contribution in [-0.4, -0.2) is 60.0 Å². The van der Waals surface area contributed by atoms with Gasteiger partial charge in [-0.3, -0.25) is 9.69 Å². The first-order valence-electron chi connectivity index (χ1n) is 8.59. The first kappa shape index (κ1) is 23.1. The van der Waals surface area contributed by atoms with Crippen molar-refractivity contribution in [3.63, 3.8) is 0 Å². The zero-order chi connectivity index (χ0) is 17.1. The van der Waals surface area contributed by atoms with Gasteiger partial charge in [-0.1, -0.05) is 12.1 Å². The molecule has 1 aromatic carbocycles. The largest absolute Gasteiger partial charge is 0.338 e. The number of nitrogens with zero attached hydrogens (tertiary/aromatic N) is 3. The van der Waals surface area contributed by atoms with E-state index in [1.807, 2.05) is 44.1 Å². The van der Waals surface area contributed by atoms with Crippen molar-refractivity contribution in [2.75, 3.05) is 27.2 Å². The minimum absolute atomic E-state index is 0. The summed E-state index contributed by atoms with van der Waals surface area (Å²) in [5, 5.41) is 4.33. The second-order valence-corrected chi connectivity index (χ2v) is 7.68. The summed E-state index contributed by atoms with van der Waals surface area (Å²) >= 11 is 1.67. The molecule has 1 aliphatic rings. The van der Waals surface area contributed by atoms with E-state index < -0.39 is 0 Å². The Bertz CT molecular complexity index is 678. The van der Waals surface area contributed by atoms with Crippen LogP contribution in [0.2, 0.25) is 0 Å². The van der Waals surface area contributed by atoms with Gasteiger partial charge in [-0.25, -0.2) is 4.98 Å². The molecule has 0 radical (unpaired) electrons. The van der Waals surface area contributed by atoms with Crippen LogP contribution in [-0.2, 0) is 11.3 Å². The maximum Gasteiger partial charge on any atom is 0.239 e. The lowest BCUT2D eigenvalue weighted by Gasteiger charge is -2.37. The third-order valence-corrected chi connectivity index (χ3v) is 5.87. The zero-order valence-corrected chi connectivity index (χ0v) is 17.9. The third-order valence-electron chi connectivity index (χ3n) is 4.85. The van der Waals surface area contributed by atoms with Gasteiger partial charge in [0.25, 0.3) is 0 Å². The number of carbonyl (C=O) groups excluding carboxylic acids is 1. The van der Waals surface area contributed by atoms with Crippen LogP contribution in [0.15, 0.2) is 24.3 Å². The number of hydrogen-bond acceptors (Lipinski definition) is 5. The molecule has 2 unspecified atom stereocenters. The quantitative estimate of drug-likeness (QED) is 0.809. The van der Waals surface area contributed by atoms with E-state index in [1.165, 1.54) is 11.1 Å². The van der Waals surface area contributed by atoms with Crippen LogP contribution >= 0.6 is 36.2 Å². The molecule has 5 nitrogen and oxygen atoms in total. The predicted molar refractivity (Wildman–Crippen MR) is 114 cm³/mol. The fourth-order valence-electron chi connectivity index (χ4n) is 3.34. The predicted octanol–water partition coefficient (Wildman–Crippen LogP) is 3.17. The van der Waals surface area contributed by atoms with Crippen molar-refractivity contribution in [3.05, 3.63) is 29.3 Å². The standard InChI is InChI=1S/C18H26N4OS.2ClH/c1-13(22-10-6-7-14(11-22)19-2)18(23)21(3)12-17-20-15-8-4-5-9-16(15)24-17;;/h4-5,8-9,13-14,19H,6-7,10-12H2,1-3H3;2*1H. The maximum atomic E-state index is 12.8. The zero-order valence-electron chi connectivity index (χ0n) is 15.5. The molecule has 2 aromatic rings. The molecule has 1 saturated heterocycles. The molecule has 1 aromatic heterocycles. The molecule has 146 valence electrons. The highest BCUT2D eigenvalue weighted by Crippen LogP contribution is 2.23. The van der Waals surface area contributed by atoms with E-state index in [-0.39, 0.29) is 36.8 Å². The second kappa shape index (κ2) is 10.4. The van der Waals surface area contributed by atoms with Gasteiger partial charge in [0.05, 0.1) is 22.8 Å². The summed E-state index contributed by atoms with van der Waals surface area (Å²) in [5.74, 6) is 0.172. The first-order chi connectivity index (χ1) is 11.6. The fourth-order valence-corrected chi connectivity index (χ4v) is 4.36. The Kier molecular flexibility index (Phi) is 9.27. The van der Waals surface area contributed by atoms with Crippen molar-refractivity contribution in [3.8, 4) is 0 Å². The van der Waals surface area contributed by atoms with E-state index in [0.29, 0.717) is 12.6 Å². The minimum atomic E-state index is -0.0828. The van der Waals surface area contributed by atoms with Gasteiger partial charge in [-0.15, -0.1) is 36.2 Å². The van der Waals surface area contributed by atoms with Crippen molar-refractivity contribution in [1.82, 2.24) is 20.1 Å². The molecule has 1 aliphatic heterocycles. The Morgan fingerprint density at radius 1 is 1.42 bits per heavy atom. The first-order valence-corrected chi connectivity index (χ1v) is 9.41. The van der Waals surface area contributed by atoms with Gasteiger partial charge >= 0.3 is 0 Å². The number of likely N-dealkylation sites (N-methyl/N-ethyl adjacent to an activating group) is 2. The Morgan fingerprint density at radius 2 is 2.15 bits per heavy atom. The molecular weight excluding hydrogens is 391 g/mol. The molecule has 0 saturated carbocycles. The van der Waals surface area contributed by atoms with Gasteiger partial charge in [-0.2, -0.15) is 0 Å². The molecule has 1 N–H and O–H groups in total. The lowest BCUT2D eigenvalue weighted by atomic mass is 10.0. The number of hydrogen-bond donors (Lipinski definition) is 1. The Morgan fingerprint density at radius 3 is 2.85 bits per heavy atom. The lowest BCUT2D eigenvalue weighted by Crippen LogP contribution is -2.52. The van der Waals surface area contributed by atoms with Crippen molar-refractivity contribution >= 4 is 52.3 Å². The molecular formula is C18H28Cl2N4OS. The fraction of sp³-hybridized carbons (Fsp3) is 0.556. The average molecular weight is 419 g/mol. The number of nitrogens with one attached hydrogen (secondary N) is 1. The molecule has 2 heterocycles. The van der Waals surface area contributed by atoms with Gasteiger partial charge in [0.15, 0.2) is 0 Å². The summed E-state index contributed by atoms with van der Waals surface area (Å²) in [6.07, 6.45) is 2.33. The summed E-state index contributed by atoms with van der Waals surface area (Å²) in [4.78, 5) is 21.5. The third kappa shape index (κ3) is 5.30. The van der Waals surface area contributed by atoms with Crippen LogP contribution in [0.3, 0.4) is 0 Å². The van der Waals surface area contributed by atoms with Crippen LogP contribution in [0.1, 0.15) is 24.8 Å². The van der Waals surface area contributed by atoms with E-state index in [2.05, 4.69) is 21.3 Å². The van der Waals surface area contributed by atoms with E-state index in [4.69, 9.17) is 0 Å². The molecule has 0 aliphatic carbocycles. The Hall–Kier alpha value is -0.920. The number of halogens is 2. The summed E-state index contributed by atoms with van der Waals surface area (Å²) < 4.78 is 1.18. The van der Waals surface area contributed by atoms with Crippen LogP contribution in [0.25, 0.3) is 10.2 Å². The number of amides is 1. The van der Waals surface area contributed by atoms with Crippen LogP contribution in [0.5, 0.6) is 0 Å². The highest BCUT2D eigenvalue weighted by molar-refractivity contribution is 7.18. The van der Waals surface area contributed by atoms with Crippen LogP contribution in [0.4, 0.5) is 0 Å². The van der Waals surface area contributed by atoms with Crippen molar-refractivity contribution in [1.29, 1.82) is 0 Å². The SMILES string of the molecule is CNC1CCCN(C(C)C(=O)N(C)Cc2nc3ccccc3s2)C1.Cl.Cl. The minimum Gasteiger partial charge on any atom is -0.338 e. The molecule has 3 rings (SSSR count). The summed E-state index contributed by atoms with van der Waals surface area (Å²) in [5.41, 5.74) is 1.01. The molecule has 8 heteroatoms. The maximum absolute atomic E-state index is 12.8. The monoisotopic (exact) mass is 418 g/mol. The highest BCUT2D eigenvalue weighted by Gasteiger charge is 2.28. The number of aromatic nitrogens is 1. The molecule has 1 fully saturated rings. The van der Waals surface area contributed by atoms with Crippen molar-refractivity contribution in [2.45, 2.75) is 38.4 Å². The van der Waals surface area contributed by atoms with Crippen molar-refractivity contribution in [2.24, 2.45) is 0 Å². The van der Waals surface area contributed by atoms with Gasteiger partial charge in [0.1, 0.15) is 5.01 Å². The number of benzene rings is 1. The summed E-state index contributed by atoms with van der Waals surface area (Å²) in [7, 11) is 3.88. The van der Waals surface area contributed by atoms with E-state index in [9.17, 15) is 4.79 Å². The number of rotatable bonds is 5. The topological polar surface area (TPSA) is 48.5 Å². The average Bonchev–Trinajstić information content (AvgIpc) is 3.02. The summed E-state index contributed by atoms with van der Waals surface area (Å²) in [6.45, 7) is 4.54. The molecule has 26 heavy (non-hydrogen) atoms. The van der Waals surface area contributed by atoms with Crippen LogP contribution in [0, 0.1) is 0 Å². The molecule has 0 spiro atoms. The van der Waals surface area contributed by atoms with E-state index >= 15 is 0 Å². The second-order valence-electron chi connectivity index (χ2n) is 6.57. The Balaban J connectivity index is 0.00000169. The number of thiazole rings is 1. The van der Waals surface area contributed by atoms with E-state index in [1.54, 1.807) is 11.3 Å². The molecule has 0 bridgehead atoms. The highest BCUT2D eigenvalue weighted by atomic mass is 35.5. The van der Waals surface area contributed by atoms with Crippen LogP contribution < -0.4 is 5.32 Å².